The molecule has 4 aromatic rings. The van der Waals surface area contributed by atoms with Gasteiger partial charge in [-0.25, -0.2) is 8.42 Å². The van der Waals surface area contributed by atoms with Gasteiger partial charge in [0.05, 0.1) is 11.1 Å². The Balaban J connectivity index is 0.000000336. The summed E-state index contributed by atoms with van der Waals surface area (Å²) in [7, 11) is -4.52. The SMILES string of the molecule is CC(C)(C)Oc1ccc([S+](c2ccc(OC(C)(C)C)cc2)c2cccnc2)cc1.Cc1ccc(S(=O)(=O)[O-])cc1. The standard InChI is InChI=1S/C25H30NO2S.C7H8O3S/c1-24(2,3)27-19-9-13-21(14-10-19)29(23-8-7-17-26-18-23)22-15-11-20(12-16-22)28-25(4,5)6;1-6-2-4-7(5-3-6)11(8,9)10/h7-18H,1-6H3;2-5H,1H3,(H,8,9,10)/q+1;/p-1. The molecule has 4 rings (SSSR count). The smallest absolute Gasteiger partial charge is 0.184 e. The number of aryl methyl sites for hydroxylation is 1. The maximum absolute atomic E-state index is 10.4. The lowest BCUT2D eigenvalue weighted by molar-refractivity contribution is 0.130. The summed E-state index contributed by atoms with van der Waals surface area (Å²) >= 11 is 0. The monoisotopic (exact) mass is 579 g/mol. The van der Waals surface area contributed by atoms with Gasteiger partial charge in [-0.2, -0.15) is 0 Å². The van der Waals surface area contributed by atoms with E-state index < -0.39 is 10.1 Å². The Morgan fingerprint density at radius 2 is 1.12 bits per heavy atom. The zero-order chi connectivity index (χ0) is 29.6. The average Bonchev–Trinajstić information content (AvgIpc) is 2.85. The van der Waals surface area contributed by atoms with E-state index in [1.54, 1.807) is 12.1 Å². The number of benzene rings is 3. The van der Waals surface area contributed by atoms with Gasteiger partial charge in [0, 0.05) is 6.20 Å². The molecule has 1 aromatic heterocycles. The van der Waals surface area contributed by atoms with Gasteiger partial charge < -0.3 is 14.0 Å². The number of hydrogen-bond donors (Lipinski definition) is 0. The van der Waals surface area contributed by atoms with E-state index >= 15 is 0 Å². The maximum atomic E-state index is 10.4. The molecule has 0 fully saturated rings. The molecule has 0 aliphatic rings. The summed E-state index contributed by atoms with van der Waals surface area (Å²) in [4.78, 5) is 7.80. The molecule has 6 nitrogen and oxygen atoms in total. The molecule has 1 heterocycles. The van der Waals surface area contributed by atoms with Gasteiger partial charge >= 0.3 is 0 Å². The molecule has 8 heteroatoms. The Kier molecular flexibility index (Phi) is 10.1. The second kappa shape index (κ2) is 12.9. The van der Waals surface area contributed by atoms with E-state index in [0.717, 1.165) is 17.1 Å². The lowest BCUT2D eigenvalue weighted by Gasteiger charge is -2.21. The molecule has 0 unspecified atom stereocenters. The van der Waals surface area contributed by atoms with Gasteiger partial charge in [0.25, 0.3) is 0 Å². The van der Waals surface area contributed by atoms with Crippen molar-refractivity contribution < 1.29 is 22.4 Å². The molecule has 3 aromatic carbocycles. The molecule has 0 radical (unpaired) electrons. The predicted octanol–water partition coefficient (Wildman–Crippen LogP) is 7.43. The van der Waals surface area contributed by atoms with E-state index in [-0.39, 0.29) is 27.0 Å². The third-order valence-electron chi connectivity index (χ3n) is 5.15. The number of ether oxygens (including phenoxy) is 2. The first kappa shape index (κ1) is 31.2. The molecule has 0 saturated carbocycles. The minimum Gasteiger partial charge on any atom is -0.744 e. The Labute approximate surface area is 241 Å². The summed E-state index contributed by atoms with van der Waals surface area (Å²) in [6, 6.07) is 26.7. The lowest BCUT2D eigenvalue weighted by atomic mass is 10.2. The van der Waals surface area contributed by atoms with Crippen molar-refractivity contribution in [2.24, 2.45) is 0 Å². The Morgan fingerprint density at radius 3 is 1.48 bits per heavy atom. The molecule has 0 N–H and O–H groups in total. The van der Waals surface area contributed by atoms with Crippen LogP contribution in [-0.4, -0.2) is 29.2 Å². The first-order valence-corrected chi connectivity index (χ1v) is 15.5. The van der Waals surface area contributed by atoms with Crippen LogP contribution in [-0.2, 0) is 21.0 Å². The maximum Gasteiger partial charge on any atom is 0.184 e. The highest BCUT2D eigenvalue weighted by atomic mass is 32.2. The van der Waals surface area contributed by atoms with Crippen molar-refractivity contribution in [3.63, 3.8) is 0 Å². The molecule has 0 bridgehead atoms. The van der Waals surface area contributed by atoms with Crippen LogP contribution >= 0.6 is 0 Å². The summed E-state index contributed by atoms with van der Waals surface area (Å²) in [5.41, 5.74) is 0.502. The van der Waals surface area contributed by atoms with E-state index in [9.17, 15) is 13.0 Å². The number of nitrogens with zero attached hydrogens (tertiary/aromatic N) is 1. The van der Waals surface area contributed by atoms with Gasteiger partial charge in [0.1, 0.15) is 43.7 Å². The van der Waals surface area contributed by atoms with Crippen LogP contribution in [0.4, 0.5) is 0 Å². The fraction of sp³-hybridized carbons (Fsp3) is 0.281. The van der Waals surface area contributed by atoms with Crippen LogP contribution in [0.5, 0.6) is 11.5 Å². The van der Waals surface area contributed by atoms with Crippen molar-refractivity contribution in [3.05, 3.63) is 103 Å². The fourth-order valence-corrected chi connectivity index (χ4v) is 6.06. The third-order valence-corrected chi connectivity index (χ3v) is 8.20. The topological polar surface area (TPSA) is 88.6 Å². The van der Waals surface area contributed by atoms with Crippen LogP contribution in [0.1, 0.15) is 47.1 Å². The lowest BCUT2D eigenvalue weighted by Crippen LogP contribution is -2.23. The van der Waals surface area contributed by atoms with Gasteiger partial charge in [0.2, 0.25) is 0 Å². The minimum atomic E-state index is -4.27. The summed E-state index contributed by atoms with van der Waals surface area (Å²) in [5.74, 6) is 1.76. The Morgan fingerprint density at radius 1 is 0.675 bits per heavy atom. The highest BCUT2D eigenvalue weighted by Gasteiger charge is 2.29. The highest BCUT2D eigenvalue weighted by Crippen LogP contribution is 2.33. The average molecular weight is 580 g/mol. The quantitative estimate of drug-likeness (QED) is 0.174. The van der Waals surface area contributed by atoms with Gasteiger partial charge in [-0.3, -0.25) is 4.98 Å². The second-order valence-electron chi connectivity index (χ2n) is 11.1. The number of pyridine rings is 1. The molecule has 212 valence electrons. The first-order chi connectivity index (χ1) is 18.6. The summed E-state index contributed by atoms with van der Waals surface area (Å²) in [6.07, 6.45) is 3.76. The Bertz CT molecular complexity index is 1400. The first-order valence-electron chi connectivity index (χ1n) is 12.9. The van der Waals surface area contributed by atoms with Crippen molar-refractivity contribution >= 4 is 21.0 Å². The van der Waals surface area contributed by atoms with Crippen LogP contribution in [0.2, 0.25) is 0 Å². The van der Waals surface area contributed by atoms with Crippen molar-refractivity contribution in [2.75, 3.05) is 0 Å². The van der Waals surface area contributed by atoms with E-state index in [0.29, 0.717) is 0 Å². The molecule has 0 saturated heterocycles. The third kappa shape index (κ3) is 10.0. The molecule has 0 aliphatic carbocycles. The van der Waals surface area contributed by atoms with Crippen molar-refractivity contribution in [1.82, 2.24) is 4.98 Å². The van der Waals surface area contributed by atoms with E-state index in [2.05, 4.69) is 76.9 Å². The largest absolute Gasteiger partial charge is 0.744 e. The molecular formula is C32H37NO5S2. The molecule has 0 aliphatic heterocycles. The van der Waals surface area contributed by atoms with E-state index in [4.69, 9.17) is 9.47 Å². The molecule has 40 heavy (non-hydrogen) atoms. The van der Waals surface area contributed by atoms with Crippen LogP contribution in [0.3, 0.4) is 0 Å². The van der Waals surface area contributed by atoms with Crippen LogP contribution in [0, 0.1) is 6.92 Å². The molecule has 0 spiro atoms. The Hall–Kier alpha value is -3.33. The van der Waals surface area contributed by atoms with Gasteiger partial charge in [-0.1, -0.05) is 17.7 Å². The van der Waals surface area contributed by atoms with Gasteiger partial charge in [-0.05, 0) is 121 Å². The van der Waals surface area contributed by atoms with E-state index in [1.165, 1.54) is 26.8 Å². The summed E-state index contributed by atoms with van der Waals surface area (Å²) in [6.45, 7) is 14.2. The van der Waals surface area contributed by atoms with E-state index in [1.807, 2.05) is 49.6 Å². The zero-order valence-corrected chi connectivity index (χ0v) is 25.7. The molecule has 0 atom stereocenters. The summed E-state index contributed by atoms with van der Waals surface area (Å²) in [5, 5.41) is 0. The van der Waals surface area contributed by atoms with Crippen molar-refractivity contribution in [3.8, 4) is 11.5 Å². The number of hydrogen-bond acceptors (Lipinski definition) is 6. The highest BCUT2D eigenvalue weighted by molar-refractivity contribution is 7.97. The van der Waals surface area contributed by atoms with Crippen molar-refractivity contribution in [1.29, 1.82) is 0 Å². The van der Waals surface area contributed by atoms with Gasteiger partial charge in [-0.15, -0.1) is 0 Å². The second-order valence-corrected chi connectivity index (χ2v) is 14.5. The molecule has 0 amide bonds. The number of rotatable bonds is 6. The fourth-order valence-electron chi connectivity index (χ4n) is 3.58. The van der Waals surface area contributed by atoms with Crippen LogP contribution in [0.15, 0.2) is 117 Å². The predicted molar refractivity (Wildman–Crippen MR) is 159 cm³/mol. The van der Waals surface area contributed by atoms with Crippen LogP contribution in [0.25, 0.3) is 0 Å². The normalized spacial score (nSPS) is 11.9. The van der Waals surface area contributed by atoms with Crippen LogP contribution < -0.4 is 9.47 Å². The number of aromatic nitrogens is 1. The molecular weight excluding hydrogens is 542 g/mol. The zero-order valence-electron chi connectivity index (χ0n) is 24.0. The van der Waals surface area contributed by atoms with Gasteiger partial charge in [0.15, 0.2) is 14.7 Å². The van der Waals surface area contributed by atoms with Crippen molar-refractivity contribution in [2.45, 2.75) is 79.3 Å². The minimum absolute atomic E-state index is 0.178. The summed E-state index contributed by atoms with van der Waals surface area (Å²) < 4.78 is 43.1.